The summed E-state index contributed by atoms with van der Waals surface area (Å²) in [5, 5.41) is 8.45. The molecule has 0 bridgehead atoms. The van der Waals surface area contributed by atoms with E-state index in [2.05, 4.69) is 15.4 Å². The van der Waals surface area contributed by atoms with Crippen molar-refractivity contribution in [2.45, 2.75) is 20.8 Å². The molecule has 3 rings (SSSR count). The summed E-state index contributed by atoms with van der Waals surface area (Å²) in [5.74, 6) is 1.30. The van der Waals surface area contributed by atoms with Crippen molar-refractivity contribution < 1.29 is 4.79 Å². The molecule has 0 radical (unpaired) electrons. The van der Waals surface area contributed by atoms with Gasteiger partial charge in [-0.1, -0.05) is 11.6 Å². The summed E-state index contributed by atoms with van der Waals surface area (Å²) in [7, 11) is 0. The van der Waals surface area contributed by atoms with Gasteiger partial charge in [-0.15, -0.1) is 0 Å². The van der Waals surface area contributed by atoms with E-state index in [1.54, 1.807) is 9.58 Å². The Morgan fingerprint density at radius 1 is 1.30 bits per heavy atom. The fourth-order valence-electron chi connectivity index (χ4n) is 2.60. The summed E-state index contributed by atoms with van der Waals surface area (Å²) in [4.78, 5) is 17.7. The Morgan fingerprint density at radius 3 is 2.78 bits per heavy atom. The molecule has 0 unspecified atom stereocenters. The van der Waals surface area contributed by atoms with Crippen LogP contribution in [-0.4, -0.2) is 39.6 Å². The molecule has 0 aliphatic carbocycles. The molecule has 1 aliphatic heterocycles. The molecule has 120 valence electrons. The fourth-order valence-corrected chi connectivity index (χ4v) is 2.83. The van der Waals surface area contributed by atoms with Gasteiger partial charge in [0.25, 0.3) is 0 Å². The maximum absolute atomic E-state index is 11.7. The number of guanidine groups is 1. The monoisotopic (exact) mass is 331 g/mol. The molecule has 1 aromatic carbocycles. The fraction of sp³-hybridized carbons (Fsp3) is 0.312. The van der Waals surface area contributed by atoms with E-state index in [4.69, 9.17) is 11.6 Å². The average Bonchev–Trinajstić information content (AvgIpc) is 3.06. The summed E-state index contributed by atoms with van der Waals surface area (Å²) in [6, 6.07) is 7.58. The molecular formula is C16H18ClN5O. The van der Waals surface area contributed by atoms with Crippen molar-refractivity contribution in [3.63, 3.8) is 0 Å². The van der Waals surface area contributed by atoms with Crippen LogP contribution in [0.3, 0.4) is 0 Å². The molecule has 23 heavy (non-hydrogen) atoms. The zero-order chi connectivity index (χ0) is 16.6. The van der Waals surface area contributed by atoms with Crippen LogP contribution in [0.5, 0.6) is 0 Å². The van der Waals surface area contributed by atoms with Gasteiger partial charge in [-0.3, -0.25) is 14.7 Å². The molecule has 0 saturated carbocycles. The van der Waals surface area contributed by atoms with Gasteiger partial charge in [-0.25, -0.2) is 4.68 Å². The van der Waals surface area contributed by atoms with Crippen molar-refractivity contribution in [3.05, 3.63) is 40.5 Å². The zero-order valence-corrected chi connectivity index (χ0v) is 14.1. The third-order valence-corrected chi connectivity index (χ3v) is 3.91. The number of halogens is 1. The van der Waals surface area contributed by atoms with Gasteiger partial charge in [0.15, 0.2) is 0 Å². The molecule has 2 aromatic rings. The molecule has 0 fully saturated rings. The van der Waals surface area contributed by atoms with Crippen molar-refractivity contribution >= 4 is 29.3 Å². The molecule has 1 aromatic heterocycles. The first kappa shape index (κ1) is 15.6. The number of aromatic nitrogens is 2. The van der Waals surface area contributed by atoms with Crippen molar-refractivity contribution in [1.29, 1.82) is 0 Å². The predicted octanol–water partition coefficient (Wildman–Crippen LogP) is 2.77. The second-order valence-electron chi connectivity index (χ2n) is 5.51. The molecule has 1 N–H and O–H groups in total. The molecule has 0 saturated heterocycles. The lowest BCUT2D eigenvalue weighted by Gasteiger charge is -2.18. The molecule has 2 heterocycles. The van der Waals surface area contributed by atoms with E-state index in [1.807, 2.05) is 38.1 Å². The number of rotatable bonds is 2. The SMILES string of the molecule is CC(=O)N1CCN=C1Nc1cc(C)nn1-c1ccc(Cl)cc1C. The number of hydrogen-bond donors (Lipinski definition) is 1. The summed E-state index contributed by atoms with van der Waals surface area (Å²) >= 11 is 6.03. The van der Waals surface area contributed by atoms with E-state index in [0.29, 0.717) is 24.1 Å². The predicted molar refractivity (Wildman–Crippen MR) is 91.4 cm³/mol. The van der Waals surface area contributed by atoms with Crippen LogP contribution in [-0.2, 0) is 4.79 Å². The summed E-state index contributed by atoms with van der Waals surface area (Å²) in [5.41, 5.74) is 2.81. The van der Waals surface area contributed by atoms with Crippen molar-refractivity contribution in [3.8, 4) is 5.69 Å². The van der Waals surface area contributed by atoms with Gasteiger partial charge in [0.1, 0.15) is 5.82 Å². The lowest BCUT2D eigenvalue weighted by Crippen LogP contribution is -2.37. The average molecular weight is 332 g/mol. The maximum atomic E-state index is 11.7. The minimum Gasteiger partial charge on any atom is -0.310 e. The normalized spacial score (nSPS) is 14.1. The smallest absolute Gasteiger partial charge is 0.226 e. The van der Waals surface area contributed by atoms with Crippen LogP contribution in [0.15, 0.2) is 29.3 Å². The standard InChI is InChI=1S/C16H18ClN5O/c1-10-8-13(17)4-5-14(10)22-15(9-11(2)20-22)19-16-18-6-7-21(16)12(3)23/h4-5,8-9H,6-7H2,1-3H3,(H,18,19). The topological polar surface area (TPSA) is 62.5 Å². The van der Waals surface area contributed by atoms with Gasteiger partial charge in [0.05, 0.1) is 17.9 Å². The lowest BCUT2D eigenvalue weighted by atomic mass is 10.2. The summed E-state index contributed by atoms with van der Waals surface area (Å²) < 4.78 is 1.81. The Morgan fingerprint density at radius 2 is 2.09 bits per heavy atom. The van der Waals surface area contributed by atoms with Crippen LogP contribution >= 0.6 is 11.6 Å². The number of benzene rings is 1. The van der Waals surface area contributed by atoms with Crippen molar-refractivity contribution in [2.24, 2.45) is 4.99 Å². The van der Waals surface area contributed by atoms with Gasteiger partial charge >= 0.3 is 0 Å². The van der Waals surface area contributed by atoms with Crippen LogP contribution in [0.4, 0.5) is 5.82 Å². The van der Waals surface area contributed by atoms with E-state index in [0.717, 1.165) is 22.8 Å². The summed E-state index contributed by atoms with van der Waals surface area (Å²) in [6.45, 7) is 6.65. The second kappa shape index (κ2) is 6.04. The number of aliphatic imine (C=N–C) groups is 1. The van der Waals surface area contributed by atoms with E-state index < -0.39 is 0 Å². The number of aryl methyl sites for hydroxylation is 2. The highest BCUT2D eigenvalue weighted by Crippen LogP contribution is 2.23. The number of amides is 1. The number of nitrogens with zero attached hydrogens (tertiary/aromatic N) is 4. The van der Waals surface area contributed by atoms with Gasteiger partial charge in [0.2, 0.25) is 11.9 Å². The molecule has 1 aliphatic rings. The number of carbonyl (C=O) groups excluding carboxylic acids is 1. The van der Waals surface area contributed by atoms with Gasteiger partial charge in [0, 0.05) is 24.6 Å². The van der Waals surface area contributed by atoms with Crippen LogP contribution in [0.2, 0.25) is 5.02 Å². The molecule has 0 atom stereocenters. The first-order valence-electron chi connectivity index (χ1n) is 7.38. The first-order chi connectivity index (χ1) is 11.0. The van der Waals surface area contributed by atoms with E-state index in [9.17, 15) is 4.79 Å². The minimum atomic E-state index is -0.0285. The van der Waals surface area contributed by atoms with Gasteiger partial charge in [-0.05, 0) is 37.6 Å². The van der Waals surface area contributed by atoms with Gasteiger partial charge in [-0.2, -0.15) is 5.10 Å². The Balaban J connectivity index is 1.97. The van der Waals surface area contributed by atoms with Crippen LogP contribution < -0.4 is 5.32 Å². The largest absolute Gasteiger partial charge is 0.310 e. The van der Waals surface area contributed by atoms with Crippen molar-refractivity contribution in [1.82, 2.24) is 14.7 Å². The molecule has 1 amide bonds. The minimum absolute atomic E-state index is 0.0285. The van der Waals surface area contributed by atoms with E-state index in [1.165, 1.54) is 6.92 Å². The number of carbonyl (C=O) groups is 1. The van der Waals surface area contributed by atoms with Gasteiger partial charge < -0.3 is 5.32 Å². The molecule has 7 heteroatoms. The van der Waals surface area contributed by atoms with E-state index in [-0.39, 0.29) is 5.91 Å². The number of nitrogens with one attached hydrogen (secondary N) is 1. The highest BCUT2D eigenvalue weighted by atomic mass is 35.5. The number of anilines is 1. The van der Waals surface area contributed by atoms with Crippen molar-refractivity contribution in [2.75, 3.05) is 18.4 Å². The molecule has 6 nitrogen and oxygen atoms in total. The quantitative estimate of drug-likeness (QED) is 0.920. The number of hydrogen-bond acceptors (Lipinski definition) is 4. The Bertz CT molecular complexity index is 796. The third kappa shape index (κ3) is 3.07. The third-order valence-electron chi connectivity index (χ3n) is 3.68. The lowest BCUT2D eigenvalue weighted by molar-refractivity contribution is -0.124. The highest BCUT2D eigenvalue weighted by molar-refractivity contribution is 6.30. The Labute approximate surface area is 139 Å². The van der Waals surface area contributed by atoms with Crippen LogP contribution in [0.25, 0.3) is 5.69 Å². The zero-order valence-electron chi connectivity index (χ0n) is 13.3. The molecule has 0 spiro atoms. The van der Waals surface area contributed by atoms with Crippen LogP contribution in [0.1, 0.15) is 18.2 Å². The van der Waals surface area contributed by atoms with Crippen LogP contribution in [0, 0.1) is 13.8 Å². The van der Waals surface area contributed by atoms with E-state index >= 15 is 0 Å². The Hall–Kier alpha value is -2.34. The molecular weight excluding hydrogens is 314 g/mol. The Kier molecular flexibility index (Phi) is 4.09. The summed E-state index contributed by atoms with van der Waals surface area (Å²) in [6.07, 6.45) is 0. The maximum Gasteiger partial charge on any atom is 0.226 e. The highest BCUT2D eigenvalue weighted by Gasteiger charge is 2.22. The second-order valence-corrected chi connectivity index (χ2v) is 5.95. The first-order valence-corrected chi connectivity index (χ1v) is 7.76.